The van der Waals surface area contributed by atoms with Crippen LogP contribution >= 0.6 is 11.3 Å². The van der Waals surface area contributed by atoms with Crippen molar-refractivity contribution >= 4 is 17.2 Å². The third-order valence-electron chi connectivity index (χ3n) is 3.19. The van der Waals surface area contributed by atoms with E-state index >= 15 is 0 Å². The minimum absolute atomic E-state index is 0.00866. The Morgan fingerprint density at radius 1 is 1.19 bits per heavy atom. The summed E-state index contributed by atoms with van der Waals surface area (Å²) in [6, 6.07) is 9.71. The molecule has 0 aliphatic carbocycles. The van der Waals surface area contributed by atoms with Gasteiger partial charge in [0.15, 0.2) is 11.5 Å². The smallest absolute Gasteiger partial charge is 0.261 e. The molecule has 0 saturated heterocycles. The van der Waals surface area contributed by atoms with Gasteiger partial charge in [-0.25, -0.2) is 0 Å². The second-order valence-corrected chi connectivity index (χ2v) is 5.86. The van der Waals surface area contributed by atoms with E-state index in [0.717, 1.165) is 33.2 Å². The van der Waals surface area contributed by atoms with Crippen LogP contribution < -0.4 is 14.8 Å². The van der Waals surface area contributed by atoms with Crippen LogP contribution in [0.3, 0.4) is 0 Å². The summed E-state index contributed by atoms with van der Waals surface area (Å²) in [7, 11) is 0. The van der Waals surface area contributed by atoms with Crippen molar-refractivity contribution in [2.24, 2.45) is 0 Å². The van der Waals surface area contributed by atoms with E-state index in [-0.39, 0.29) is 5.91 Å². The van der Waals surface area contributed by atoms with Crippen LogP contribution in [0.4, 0.5) is 0 Å². The Labute approximate surface area is 127 Å². The SMILES string of the molecule is CCCNC(=O)c1ccc(-c2ccc3c(c2)OCCO3)s1. The second-order valence-electron chi connectivity index (χ2n) is 4.78. The molecule has 0 fully saturated rings. The van der Waals surface area contributed by atoms with Crippen LogP contribution in [0.2, 0.25) is 0 Å². The van der Waals surface area contributed by atoms with Gasteiger partial charge >= 0.3 is 0 Å². The predicted octanol–water partition coefficient (Wildman–Crippen LogP) is 3.33. The molecule has 4 nitrogen and oxygen atoms in total. The van der Waals surface area contributed by atoms with Crippen molar-refractivity contribution in [1.29, 1.82) is 0 Å². The number of fused-ring (bicyclic) bond motifs is 1. The molecule has 110 valence electrons. The van der Waals surface area contributed by atoms with Crippen LogP contribution in [-0.4, -0.2) is 25.7 Å². The average Bonchev–Trinajstić information content (AvgIpc) is 3.02. The molecule has 1 aromatic heterocycles. The number of nitrogens with one attached hydrogen (secondary N) is 1. The van der Waals surface area contributed by atoms with Gasteiger partial charge in [0, 0.05) is 11.4 Å². The van der Waals surface area contributed by atoms with Gasteiger partial charge in [-0.3, -0.25) is 4.79 Å². The van der Waals surface area contributed by atoms with Crippen molar-refractivity contribution in [3.8, 4) is 21.9 Å². The van der Waals surface area contributed by atoms with Crippen molar-refractivity contribution in [2.45, 2.75) is 13.3 Å². The van der Waals surface area contributed by atoms with E-state index in [0.29, 0.717) is 19.8 Å². The van der Waals surface area contributed by atoms with E-state index in [4.69, 9.17) is 9.47 Å². The van der Waals surface area contributed by atoms with E-state index < -0.39 is 0 Å². The third-order valence-corrected chi connectivity index (χ3v) is 4.33. The molecule has 1 aliphatic rings. The zero-order valence-corrected chi connectivity index (χ0v) is 12.7. The first-order valence-electron chi connectivity index (χ1n) is 7.06. The first-order chi connectivity index (χ1) is 10.3. The molecule has 1 amide bonds. The molecule has 0 radical (unpaired) electrons. The summed E-state index contributed by atoms with van der Waals surface area (Å²) in [5.74, 6) is 1.54. The third kappa shape index (κ3) is 3.03. The number of amides is 1. The van der Waals surface area contributed by atoms with Crippen LogP contribution in [0.25, 0.3) is 10.4 Å². The van der Waals surface area contributed by atoms with Gasteiger partial charge < -0.3 is 14.8 Å². The summed E-state index contributed by atoms with van der Waals surface area (Å²) >= 11 is 1.49. The maximum absolute atomic E-state index is 11.9. The average molecular weight is 303 g/mol. The molecule has 21 heavy (non-hydrogen) atoms. The van der Waals surface area contributed by atoms with Crippen molar-refractivity contribution < 1.29 is 14.3 Å². The first kappa shape index (κ1) is 13.9. The van der Waals surface area contributed by atoms with E-state index in [1.54, 1.807) is 0 Å². The fourth-order valence-corrected chi connectivity index (χ4v) is 3.06. The standard InChI is InChI=1S/C16H17NO3S/c1-2-7-17-16(18)15-6-5-14(21-15)11-3-4-12-13(10-11)20-9-8-19-12/h3-6,10H,2,7-9H2,1H3,(H,17,18). The Kier molecular flexibility index (Phi) is 4.10. The minimum atomic E-state index is -0.00866. The lowest BCUT2D eigenvalue weighted by molar-refractivity contribution is 0.0957. The van der Waals surface area contributed by atoms with Gasteiger partial charge in [-0.1, -0.05) is 6.92 Å². The molecule has 0 unspecified atom stereocenters. The van der Waals surface area contributed by atoms with Crippen LogP contribution in [0.15, 0.2) is 30.3 Å². The summed E-state index contributed by atoms with van der Waals surface area (Å²) in [5.41, 5.74) is 1.04. The Bertz CT molecular complexity index is 651. The molecule has 2 aromatic rings. The molecule has 2 heterocycles. The number of hydrogen-bond acceptors (Lipinski definition) is 4. The zero-order chi connectivity index (χ0) is 14.7. The fourth-order valence-electron chi connectivity index (χ4n) is 2.14. The van der Waals surface area contributed by atoms with Gasteiger partial charge in [0.25, 0.3) is 5.91 Å². The molecule has 0 spiro atoms. The predicted molar refractivity (Wildman–Crippen MR) is 83.4 cm³/mol. The second kappa shape index (κ2) is 6.18. The summed E-state index contributed by atoms with van der Waals surface area (Å²) < 4.78 is 11.1. The lowest BCUT2D eigenvalue weighted by atomic mass is 10.1. The molecule has 3 rings (SSSR count). The number of ether oxygens (including phenoxy) is 2. The number of thiophene rings is 1. The largest absolute Gasteiger partial charge is 0.486 e. The van der Waals surface area contributed by atoms with E-state index in [2.05, 4.69) is 5.32 Å². The lowest BCUT2D eigenvalue weighted by Crippen LogP contribution is -2.22. The molecule has 0 bridgehead atoms. The summed E-state index contributed by atoms with van der Waals surface area (Å²) in [4.78, 5) is 13.7. The molecule has 1 aromatic carbocycles. The topological polar surface area (TPSA) is 47.6 Å². The summed E-state index contributed by atoms with van der Waals surface area (Å²) in [6.45, 7) is 3.91. The highest BCUT2D eigenvalue weighted by molar-refractivity contribution is 7.17. The van der Waals surface area contributed by atoms with Crippen molar-refractivity contribution in [2.75, 3.05) is 19.8 Å². The fraction of sp³-hybridized carbons (Fsp3) is 0.312. The maximum Gasteiger partial charge on any atom is 0.261 e. The Hall–Kier alpha value is -2.01. The number of rotatable bonds is 4. The summed E-state index contributed by atoms with van der Waals surface area (Å²) in [6.07, 6.45) is 0.937. The molecule has 5 heteroatoms. The number of hydrogen-bond donors (Lipinski definition) is 1. The number of carbonyl (C=O) groups is 1. The lowest BCUT2D eigenvalue weighted by Gasteiger charge is -2.18. The van der Waals surface area contributed by atoms with Gasteiger partial charge in [-0.05, 0) is 42.3 Å². The van der Waals surface area contributed by atoms with E-state index in [9.17, 15) is 4.79 Å². The summed E-state index contributed by atoms with van der Waals surface area (Å²) in [5, 5.41) is 2.89. The van der Waals surface area contributed by atoms with Gasteiger partial charge in [-0.2, -0.15) is 0 Å². The first-order valence-corrected chi connectivity index (χ1v) is 7.87. The van der Waals surface area contributed by atoms with Crippen molar-refractivity contribution in [1.82, 2.24) is 5.32 Å². The molecule has 1 N–H and O–H groups in total. The zero-order valence-electron chi connectivity index (χ0n) is 11.8. The van der Waals surface area contributed by atoms with E-state index in [1.807, 2.05) is 37.3 Å². The number of benzene rings is 1. The molecular weight excluding hydrogens is 286 g/mol. The number of carbonyl (C=O) groups excluding carboxylic acids is 1. The van der Waals surface area contributed by atoms with Crippen molar-refractivity contribution in [3.63, 3.8) is 0 Å². The molecule has 0 saturated carbocycles. The molecule has 0 atom stereocenters. The Morgan fingerprint density at radius 2 is 2.00 bits per heavy atom. The van der Waals surface area contributed by atoms with Gasteiger partial charge in [0.1, 0.15) is 13.2 Å². The van der Waals surface area contributed by atoms with E-state index in [1.165, 1.54) is 11.3 Å². The van der Waals surface area contributed by atoms with Crippen molar-refractivity contribution in [3.05, 3.63) is 35.2 Å². The highest BCUT2D eigenvalue weighted by Crippen LogP contribution is 2.36. The monoisotopic (exact) mass is 303 g/mol. The minimum Gasteiger partial charge on any atom is -0.486 e. The Balaban J connectivity index is 1.81. The quantitative estimate of drug-likeness (QED) is 0.942. The highest BCUT2D eigenvalue weighted by atomic mass is 32.1. The van der Waals surface area contributed by atoms with Crippen LogP contribution in [0.1, 0.15) is 23.0 Å². The highest BCUT2D eigenvalue weighted by Gasteiger charge is 2.14. The van der Waals surface area contributed by atoms with Crippen LogP contribution in [-0.2, 0) is 0 Å². The Morgan fingerprint density at radius 3 is 2.81 bits per heavy atom. The van der Waals surface area contributed by atoms with Crippen LogP contribution in [0.5, 0.6) is 11.5 Å². The maximum atomic E-state index is 11.9. The normalized spacial score (nSPS) is 13.0. The van der Waals surface area contributed by atoms with Crippen LogP contribution in [0, 0.1) is 0 Å². The van der Waals surface area contributed by atoms with Gasteiger partial charge in [0.05, 0.1) is 4.88 Å². The molecule has 1 aliphatic heterocycles. The van der Waals surface area contributed by atoms with Gasteiger partial charge in [0.2, 0.25) is 0 Å². The molecular formula is C16H17NO3S. The van der Waals surface area contributed by atoms with Gasteiger partial charge in [-0.15, -0.1) is 11.3 Å².